The number of ketones is 3. The van der Waals surface area contributed by atoms with Crippen LogP contribution in [-0.2, 0) is 19.2 Å². The van der Waals surface area contributed by atoms with Crippen LogP contribution < -0.4 is 0 Å². The monoisotopic (exact) mass is 354 g/mol. The molecule has 0 aromatic carbocycles. The fourth-order valence-electron chi connectivity index (χ4n) is 1.86. The lowest BCUT2D eigenvalue weighted by molar-refractivity contribution is -0.229. The molecule has 0 saturated carbocycles. The standard InChI is InChI=1S/C11H15BrO8/c1-5(14)9(18,4-13)11(20,7(3)16)10(19,6(2)15)8(12)17/h13,18-20H,4H2,1-3H3/t9-,10-,11+/m0/s1. The van der Waals surface area contributed by atoms with Gasteiger partial charge in [-0.1, -0.05) is 0 Å². The van der Waals surface area contributed by atoms with E-state index in [2.05, 4.69) is 15.9 Å². The highest BCUT2D eigenvalue weighted by Gasteiger charge is 2.71. The van der Waals surface area contributed by atoms with E-state index in [0.29, 0.717) is 20.8 Å². The Kier molecular flexibility index (Phi) is 5.49. The molecule has 0 spiro atoms. The zero-order valence-corrected chi connectivity index (χ0v) is 12.6. The number of Topliss-reactive ketones (excluding diaryl/α,β-unsaturated/α-hetero) is 3. The van der Waals surface area contributed by atoms with E-state index in [9.17, 15) is 34.5 Å². The summed E-state index contributed by atoms with van der Waals surface area (Å²) in [4.78, 5) is 46.1. The molecule has 0 bridgehead atoms. The fraction of sp³-hybridized carbons (Fsp3) is 0.636. The van der Waals surface area contributed by atoms with Gasteiger partial charge in [0.25, 0.3) is 0 Å². The van der Waals surface area contributed by atoms with Crippen LogP contribution in [0.25, 0.3) is 0 Å². The molecule has 0 aliphatic heterocycles. The Bertz CT molecular complexity index is 459. The maximum atomic E-state index is 11.7. The normalized spacial score (nSPS) is 20.2. The first-order valence-electron chi connectivity index (χ1n) is 5.35. The lowest BCUT2D eigenvalue weighted by Crippen LogP contribution is -2.78. The molecule has 20 heavy (non-hydrogen) atoms. The summed E-state index contributed by atoms with van der Waals surface area (Å²) in [6, 6.07) is 0. The first kappa shape index (κ1) is 19.0. The summed E-state index contributed by atoms with van der Waals surface area (Å²) in [6.45, 7) is 0.538. The largest absolute Gasteiger partial charge is 0.393 e. The zero-order valence-electron chi connectivity index (χ0n) is 11.0. The maximum Gasteiger partial charge on any atom is 0.240 e. The third kappa shape index (κ3) is 2.25. The Morgan fingerprint density at radius 1 is 0.900 bits per heavy atom. The van der Waals surface area contributed by atoms with Gasteiger partial charge in [-0.05, 0) is 36.7 Å². The van der Waals surface area contributed by atoms with Crippen LogP contribution in [0.2, 0.25) is 0 Å². The molecule has 0 unspecified atom stereocenters. The number of hydrogen-bond acceptors (Lipinski definition) is 8. The van der Waals surface area contributed by atoms with E-state index in [1.54, 1.807) is 0 Å². The number of carbonyl (C=O) groups is 4. The van der Waals surface area contributed by atoms with Crippen molar-refractivity contribution in [1.29, 1.82) is 0 Å². The number of aliphatic hydroxyl groups excluding tert-OH is 1. The highest BCUT2D eigenvalue weighted by molar-refractivity contribution is 9.18. The van der Waals surface area contributed by atoms with Crippen LogP contribution in [0.5, 0.6) is 0 Å². The molecule has 0 aromatic heterocycles. The van der Waals surface area contributed by atoms with Gasteiger partial charge in [-0.2, -0.15) is 0 Å². The Balaban J connectivity index is 6.66. The Labute approximate surface area is 122 Å². The lowest BCUT2D eigenvalue weighted by Gasteiger charge is -2.45. The van der Waals surface area contributed by atoms with Crippen LogP contribution in [0.15, 0.2) is 0 Å². The molecule has 3 atom stereocenters. The fourth-order valence-corrected chi connectivity index (χ4v) is 2.43. The van der Waals surface area contributed by atoms with Crippen LogP contribution >= 0.6 is 15.9 Å². The maximum absolute atomic E-state index is 11.7. The van der Waals surface area contributed by atoms with Crippen molar-refractivity contribution in [1.82, 2.24) is 0 Å². The number of rotatable bonds is 7. The molecule has 0 amide bonds. The van der Waals surface area contributed by atoms with Crippen molar-refractivity contribution in [2.24, 2.45) is 0 Å². The third-order valence-electron chi connectivity index (χ3n) is 3.24. The van der Waals surface area contributed by atoms with E-state index in [-0.39, 0.29) is 0 Å². The van der Waals surface area contributed by atoms with Crippen molar-refractivity contribution in [2.75, 3.05) is 6.61 Å². The van der Waals surface area contributed by atoms with Gasteiger partial charge in [0.05, 0.1) is 6.61 Å². The van der Waals surface area contributed by atoms with Crippen molar-refractivity contribution in [3.8, 4) is 0 Å². The molecular formula is C11H15BrO8. The van der Waals surface area contributed by atoms with Crippen molar-refractivity contribution >= 4 is 38.0 Å². The molecule has 0 aliphatic rings. The summed E-state index contributed by atoms with van der Waals surface area (Å²) < 4.78 is -1.54. The van der Waals surface area contributed by atoms with Crippen molar-refractivity contribution < 1.29 is 39.6 Å². The SMILES string of the molecule is CC(=O)[C@](O)(C(=O)Br)[C@@](O)(C(C)=O)[C@](O)(CO)C(C)=O. The summed E-state index contributed by atoms with van der Waals surface area (Å²) in [5.41, 5.74) is -10.2. The van der Waals surface area contributed by atoms with Gasteiger partial charge < -0.3 is 20.4 Å². The van der Waals surface area contributed by atoms with Crippen LogP contribution in [-0.4, -0.2) is 65.9 Å². The Hall–Kier alpha value is -1.00. The van der Waals surface area contributed by atoms with Gasteiger partial charge in [0, 0.05) is 0 Å². The van der Waals surface area contributed by atoms with Gasteiger partial charge in [0.1, 0.15) is 0 Å². The van der Waals surface area contributed by atoms with Gasteiger partial charge >= 0.3 is 0 Å². The molecule has 4 N–H and O–H groups in total. The molecule has 0 aliphatic carbocycles. The molecule has 8 nitrogen and oxygen atoms in total. The second-order valence-corrected chi connectivity index (χ2v) is 5.10. The first-order chi connectivity index (χ1) is 8.83. The van der Waals surface area contributed by atoms with E-state index in [1.165, 1.54) is 0 Å². The number of halogens is 1. The molecule has 0 aromatic rings. The summed E-state index contributed by atoms with van der Waals surface area (Å²) in [5.74, 6) is -4.16. The predicted octanol–water partition coefficient (Wildman–Crippen LogP) is -2.14. The number of carbonyl (C=O) groups excluding carboxylic acids is 4. The molecule has 114 valence electrons. The lowest BCUT2D eigenvalue weighted by atomic mass is 9.66. The molecule has 0 radical (unpaired) electrons. The molecular weight excluding hydrogens is 340 g/mol. The van der Waals surface area contributed by atoms with Crippen LogP contribution in [0.3, 0.4) is 0 Å². The number of aliphatic hydroxyl groups is 4. The van der Waals surface area contributed by atoms with Crippen LogP contribution in [0.1, 0.15) is 20.8 Å². The van der Waals surface area contributed by atoms with Crippen LogP contribution in [0, 0.1) is 0 Å². The minimum atomic E-state index is -3.55. The van der Waals surface area contributed by atoms with E-state index in [0.717, 1.165) is 0 Å². The number of hydrogen-bond donors (Lipinski definition) is 4. The second-order valence-electron chi connectivity index (χ2n) is 4.38. The molecule has 0 fully saturated rings. The van der Waals surface area contributed by atoms with Gasteiger partial charge in [-0.25, -0.2) is 0 Å². The average Bonchev–Trinajstić information content (AvgIpc) is 2.34. The molecule has 9 heteroatoms. The van der Waals surface area contributed by atoms with Gasteiger partial charge in [0.2, 0.25) is 15.9 Å². The highest BCUT2D eigenvalue weighted by atomic mass is 79.9. The summed E-state index contributed by atoms with van der Waals surface area (Å²) in [6.07, 6.45) is 0. The Morgan fingerprint density at radius 2 is 1.30 bits per heavy atom. The minimum absolute atomic E-state index is 0.646. The van der Waals surface area contributed by atoms with E-state index in [4.69, 9.17) is 5.11 Å². The summed E-state index contributed by atoms with van der Waals surface area (Å²) >= 11 is 2.25. The van der Waals surface area contributed by atoms with E-state index >= 15 is 0 Å². The van der Waals surface area contributed by atoms with Gasteiger partial charge in [-0.3, -0.25) is 19.2 Å². The van der Waals surface area contributed by atoms with Gasteiger partial charge in [0.15, 0.2) is 23.0 Å². The van der Waals surface area contributed by atoms with E-state index < -0.39 is 45.5 Å². The van der Waals surface area contributed by atoms with Gasteiger partial charge in [-0.15, -0.1) is 0 Å². The highest BCUT2D eigenvalue weighted by Crippen LogP contribution is 2.38. The smallest absolute Gasteiger partial charge is 0.240 e. The second kappa shape index (κ2) is 5.78. The average molecular weight is 355 g/mol. The summed E-state index contributed by atoms with van der Waals surface area (Å²) in [7, 11) is 0. The molecule has 0 heterocycles. The summed E-state index contributed by atoms with van der Waals surface area (Å²) in [5, 5.41) is 39.7. The zero-order chi connectivity index (χ0) is 16.5. The third-order valence-corrected chi connectivity index (χ3v) is 3.81. The topological polar surface area (TPSA) is 149 Å². The Morgan fingerprint density at radius 3 is 1.45 bits per heavy atom. The van der Waals surface area contributed by atoms with Crippen LogP contribution in [0.4, 0.5) is 0 Å². The van der Waals surface area contributed by atoms with Crippen molar-refractivity contribution in [2.45, 2.75) is 37.6 Å². The predicted molar refractivity (Wildman–Crippen MR) is 67.9 cm³/mol. The van der Waals surface area contributed by atoms with E-state index in [1.807, 2.05) is 0 Å². The molecule has 0 rings (SSSR count). The minimum Gasteiger partial charge on any atom is -0.393 e. The van der Waals surface area contributed by atoms with Crippen molar-refractivity contribution in [3.63, 3.8) is 0 Å². The quantitative estimate of drug-likeness (QED) is 0.299. The van der Waals surface area contributed by atoms with Crippen molar-refractivity contribution in [3.05, 3.63) is 0 Å². The first-order valence-corrected chi connectivity index (χ1v) is 6.14. The molecule has 0 saturated heterocycles.